The lowest BCUT2D eigenvalue weighted by Crippen LogP contribution is -2.23. The first-order valence-corrected chi connectivity index (χ1v) is 12.9. The summed E-state index contributed by atoms with van der Waals surface area (Å²) < 4.78 is 10.8. The first-order valence-electron chi connectivity index (χ1n) is 12.9. The van der Waals surface area contributed by atoms with Gasteiger partial charge < -0.3 is 8.83 Å². The SMILES string of the molecule is O=C(CC(C(=O)c1ccco1)c1ccccc1C(CC(=O)c1ccccc1)C(=O)c1ccco1)c1ccccc1. The normalized spacial score (nSPS) is 12.4. The van der Waals surface area contributed by atoms with E-state index in [9.17, 15) is 19.2 Å². The van der Waals surface area contributed by atoms with Gasteiger partial charge in [-0.3, -0.25) is 19.2 Å². The van der Waals surface area contributed by atoms with Crippen molar-refractivity contribution < 1.29 is 28.0 Å². The minimum absolute atomic E-state index is 0.106. The van der Waals surface area contributed by atoms with Crippen molar-refractivity contribution in [2.24, 2.45) is 0 Å². The van der Waals surface area contributed by atoms with Gasteiger partial charge in [-0.25, -0.2) is 0 Å². The van der Waals surface area contributed by atoms with Crippen LogP contribution in [-0.2, 0) is 0 Å². The largest absolute Gasteiger partial charge is 0.461 e. The van der Waals surface area contributed by atoms with Gasteiger partial charge in [0.15, 0.2) is 23.1 Å². The molecule has 2 unspecified atom stereocenters. The van der Waals surface area contributed by atoms with Crippen LogP contribution in [0.1, 0.15) is 77.6 Å². The van der Waals surface area contributed by atoms with Crippen LogP contribution >= 0.6 is 0 Å². The molecule has 0 aliphatic rings. The number of carbonyl (C=O) groups excluding carboxylic acids is 4. The van der Waals surface area contributed by atoms with Gasteiger partial charge in [-0.1, -0.05) is 84.9 Å². The average Bonchev–Trinajstić information content (AvgIpc) is 3.74. The van der Waals surface area contributed by atoms with Crippen LogP contribution in [0.5, 0.6) is 0 Å². The zero-order valence-electron chi connectivity index (χ0n) is 21.6. The molecule has 5 aromatic rings. The molecular weight excluding hydrogens is 504 g/mol. The zero-order chi connectivity index (χ0) is 27.9. The Balaban J connectivity index is 1.59. The Morgan fingerprint density at radius 2 is 0.850 bits per heavy atom. The first-order chi connectivity index (χ1) is 19.5. The van der Waals surface area contributed by atoms with E-state index in [1.54, 1.807) is 97.1 Å². The number of ketones is 4. The molecular formula is C34H26O6. The molecule has 0 aliphatic carbocycles. The monoisotopic (exact) mass is 530 g/mol. The number of hydrogen-bond acceptors (Lipinski definition) is 6. The molecule has 0 aliphatic heterocycles. The van der Waals surface area contributed by atoms with Crippen LogP contribution < -0.4 is 0 Å². The lowest BCUT2D eigenvalue weighted by Gasteiger charge is -2.23. The third-order valence-corrected chi connectivity index (χ3v) is 6.88. The fourth-order valence-electron chi connectivity index (χ4n) is 4.87. The Bertz CT molecular complexity index is 1480. The lowest BCUT2D eigenvalue weighted by molar-refractivity contribution is 0.0865. The molecule has 5 rings (SSSR count). The van der Waals surface area contributed by atoms with Gasteiger partial charge in [-0.05, 0) is 35.4 Å². The van der Waals surface area contributed by atoms with E-state index in [1.807, 2.05) is 12.1 Å². The van der Waals surface area contributed by atoms with Crippen LogP contribution in [-0.4, -0.2) is 23.1 Å². The Morgan fingerprint density at radius 1 is 0.475 bits per heavy atom. The Labute approximate surface area is 231 Å². The number of hydrogen-bond donors (Lipinski definition) is 0. The van der Waals surface area contributed by atoms with Crippen molar-refractivity contribution >= 4 is 23.1 Å². The summed E-state index contributed by atoms with van der Waals surface area (Å²) >= 11 is 0. The van der Waals surface area contributed by atoms with E-state index in [0.29, 0.717) is 22.3 Å². The molecule has 0 spiro atoms. The van der Waals surface area contributed by atoms with Crippen molar-refractivity contribution in [2.75, 3.05) is 0 Å². The van der Waals surface area contributed by atoms with Crippen molar-refractivity contribution in [3.8, 4) is 0 Å². The molecule has 0 radical (unpaired) electrons. The molecule has 40 heavy (non-hydrogen) atoms. The molecule has 0 saturated heterocycles. The quantitative estimate of drug-likeness (QED) is 0.157. The van der Waals surface area contributed by atoms with E-state index in [-0.39, 0.29) is 47.5 Å². The molecule has 2 aromatic heterocycles. The van der Waals surface area contributed by atoms with Gasteiger partial charge in [0, 0.05) is 24.0 Å². The molecule has 6 heteroatoms. The van der Waals surface area contributed by atoms with E-state index in [2.05, 4.69) is 0 Å². The smallest absolute Gasteiger partial charge is 0.205 e. The van der Waals surface area contributed by atoms with Gasteiger partial charge in [0.05, 0.1) is 24.4 Å². The highest BCUT2D eigenvalue weighted by Gasteiger charge is 2.34. The molecule has 0 fully saturated rings. The minimum atomic E-state index is -0.950. The molecule has 3 aromatic carbocycles. The van der Waals surface area contributed by atoms with Gasteiger partial charge in [-0.15, -0.1) is 0 Å². The van der Waals surface area contributed by atoms with E-state index in [0.717, 1.165) is 0 Å². The summed E-state index contributed by atoms with van der Waals surface area (Å²) in [5, 5.41) is 0. The highest BCUT2D eigenvalue weighted by atomic mass is 16.3. The number of rotatable bonds is 12. The number of carbonyl (C=O) groups is 4. The minimum Gasteiger partial charge on any atom is -0.461 e. The van der Waals surface area contributed by atoms with Gasteiger partial charge >= 0.3 is 0 Å². The molecule has 0 N–H and O–H groups in total. The average molecular weight is 531 g/mol. The van der Waals surface area contributed by atoms with Crippen LogP contribution in [0.2, 0.25) is 0 Å². The molecule has 2 heterocycles. The highest BCUT2D eigenvalue weighted by Crippen LogP contribution is 2.36. The van der Waals surface area contributed by atoms with Gasteiger partial charge in [-0.2, -0.15) is 0 Å². The van der Waals surface area contributed by atoms with Crippen LogP contribution in [0.3, 0.4) is 0 Å². The summed E-state index contributed by atoms with van der Waals surface area (Å²) in [6.45, 7) is 0. The topological polar surface area (TPSA) is 94.6 Å². The number of Topliss-reactive ketones (excluding diaryl/α,β-unsaturated/α-hetero) is 4. The van der Waals surface area contributed by atoms with Crippen molar-refractivity contribution in [1.82, 2.24) is 0 Å². The Morgan fingerprint density at radius 3 is 1.20 bits per heavy atom. The van der Waals surface area contributed by atoms with Crippen molar-refractivity contribution in [3.63, 3.8) is 0 Å². The van der Waals surface area contributed by atoms with Crippen molar-refractivity contribution in [2.45, 2.75) is 24.7 Å². The molecule has 198 valence electrons. The van der Waals surface area contributed by atoms with Gasteiger partial charge in [0.25, 0.3) is 0 Å². The summed E-state index contributed by atoms with van der Waals surface area (Å²) in [4.78, 5) is 54.2. The summed E-state index contributed by atoms with van der Waals surface area (Å²) in [5.74, 6) is -2.92. The lowest BCUT2D eigenvalue weighted by atomic mass is 9.78. The van der Waals surface area contributed by atoms with Crippen LogP contribution in [0.4, 0.5) is 0 Å². The number of furan rings is 2. The second-order valence-electron chi connectivity index (χ2n) is 9.40. The van der Waals surface area contributed by atoms with Crippen molar-refractivity contribution in [3.05, 3.63) is 155 Å². The van der Waals surface area contributed by atoms with E-state index >= 15 is 0 Å². The molecule has 0 bridgehead atoms. The highest BCUT2D eigenvalue weighted by molar-refractivity contribution is 6.07. The molecule has 0 amide bonds. The van der Waals surface area contributed by atoms with E-state index in [1.165, 1.54) is 12.5 Å². The van der Waals surface area contributed by atoms with Crippen LogP contribution in [0.25, 0.3) is 0 Å². The zero-order valence-corrected chi connectivity index (χ0v) is 21.6. The summed E-state index contributed by atoms with van der Waals surface area (Å²) in [6.07, 6.45) is 2.51. The predicted octanol–water partition coefficient (Wildman–Crippen LogP) is 7.35. The van der Waals surface area contributed by atoms with Gasteiger partial charge in [0.1, 0.15) is 0 Å². The second kappa shape index (κ2) is 12.2. The molecule has 0 saturated carbocycles. The standard InChI is InChI=1S/C34H26O6/c35-29(23-11-3-1-4-12-23)21-27(33(37)31-17-9-19-39-31)25-15-7-8-16-26(25)28(34(38)32-18-10-20-40-32)22-30(36)24-13-5-2-6-14-24/h1-20,27-28H,21-22H2. The molecule has 2 atom stereocenters. The molecule has 6 nitrogen and oxygen atoms in total. The Kier molecular flexibility index (Phi) is 8.07. The second-order valence-corrected chi connectivity index (χ2v) is 9.40. The van der Waals surface area contributed by atoms with E-state index < -0.39 is 11.8 Å². The maximum Gasteiger partial charge on any atom is 0.205 e. The fourth-order valence-corrected chi connectivity index (χ4v) is 4.87. The van der Waals surface area contributed by atoms with Crippen LogP contribution in [0, 0.1) is 0 Å². The maximum absolute atomic E-state index is 13.8. The van der Waals surface area contributed by atoms with E-state index in [4.69, 9.17) is 8.83 Å². The summed E-state index contributed by atoms with van der Waals surface area (Å²) in [5.41, 5.74) is 1.91. The summed E-state index contributed by atoms with van der Waals surface area (Å²) in [6, 6.07) is 30.7. The number of benzene rings is 3. The Hall–Kier alpha value is -5.10. The predicted molar refractivity (Wildman–Crippen MR) is 149 cm³/mol. The van der Waals surface area contributed by atoms with Crippen LogP contribution in [0.15, 0.2) is 131 Å². The summed E-state index contributed by atoms with van der Waals surface area (Å²) in [7, 11) is 0. The fraction of sp³-hybridized carbons (Fsp3) is 0.118. The third kappa shape index (κ3) is 5.81. The maximum atomic E-state index is 13.8. The van der Waals surface area contributed by atoms with Crippen molar-refractivity contribution in [1.29, 1.82) is 0 Å². The first kappa shape index (κ1) is 26.5. The van der Waals surface area contributed by atoms with Gasteiger partial charge in [0.2, 0.25) is 11.6 Å². The third-order valence-electron chi connectivity index (χ3n) is 6.88.